The number of carbonyl (C=O) groups excluding carboxylic acids is 2. The Morgan fingerprint density at radius 2 is 1.94 bits per heavy atom. The number of methoxy groups -OCH3 is 1. The molecule has 0 aliphatic heterocycles. The lowest BCUT2D eigenvalue weighted by molar-refractivity contribution is -0.150. The van der Waals surface area contributed by atoms with Crippen LogP contribution in [0.15, 0.2) is 18.2 Å². The third kappa shape index (κ3) is 3.21. The highest BCUT2D eigenvalue weighted by atomic mass is 16.5. The number of nitrogens with one attached hydrogen (secondary N) is 1. The molecule has 5 nitrogen and oxygen atoms in total. The first-order chi connectivity index (χ1) is 7.95. The van der Waals surface area contributed by atoms with Crippen molar-refractivity contribution in [1.29, 1.82) is 0 Å². The maximum Gasteiger partial charge on any atom is 0.396 e. The third-order valence-corrected chi connectivity index (χ3v) is 2.32. The summed E-state index contributed by atoms with van der Waals surface area (Å²) in [4.78, 5) is 24.2. The topological polar surface area (TPSA) is 58.6 Å². The fraction of sp³-hybridized carbons (Fsp3) is 0.333. The summed E-state index contributed by atoms with van der Waals surface area (Å²) in [6.45, 7) is 1.97. The van der Waals surface area contributed by atoms with Crippen LogP contribution in [0.1, 0.15) is 5.56 Å². The Bertz CT molecular complexity index is 441. The molecule has 1 rings (SSSR count). The highest BCUT2D eigenvalue weighted by molar-refractivity contribution is 6.37. The molecule has 0 bridgehead atoms. The number of hydrogen-bond donors (Lipinski definition) is 1. The summed E-state index contributed by atoms with van der Waals surface area (Å²) in [5, 5.41) is 2.47. The second kappa shape index (κ2) is 5.34. The maximum atomic E-state index is 11.3. The van der Waals surface area contributed by atoms with Gasteiger partial charge < -0.3 is 15.0 Å². The summed E-state index contributed by atoms with van der Waals surface area (Å²) < 4.78 is 4.32. The summed E-state index contributed by atoms with van der Waals surface area (Å²) >= 11 is 0. The number of benzene rings is 1. The second-order valence-electron chi connectivity index (χ2n) is 3.84. The molecule has 0 fully saturated rings. The van der Waals surface area contributed by atoms with Crippen LogP contribution in [0.4, 0.5) is 11.4 Å². The summed E-state index contributed by atoms with van der Waals surface area (Å²) in [7, 11) is 4.99. The van der Waals surface area contributed by atoms with Crippen LogP contribution >= 0.6 is 0 Å². The minimum absolute atomic E-state index is 0.565. The number of carbonyl (C=O) groups is 2. The van der Waals surface area contributed by atoms with Crippen LogP contribution in [0, 0.1) is 6.92 Å². The molecule has 0 aliphatic carbocycles. The van der Waals surface area contributed by atoms with E-state index in [1.165, 1.54) is 7.11 Å². The van der Waals surface area contributed by atoms with Crippen molar-refractivity contribution in [2.75, 3.05) is 31.4 Å². The molecule has 0 aromatic heterocycles. The molecule has 1 amide bonds. The highest BCUT2D eigenvalue weighted by Gasteiger charge is 2.14. The van der Waals surface area contributed by atoms with E-state index < -0.39 is 11.9 Å². The van der Waals surface area contributed by atoms with Crippen molar-refractivity contribution in [1.82, 2.24) is 0 Å². The monoisotopic (exact) mass is 236 g/mol. The first kappa shape index (κ1) is 13.0. The molecule has 0 heterocycles. The fourth-order valence-electron chi connectivity index (χ4n) is 1.44. The van der Waals surface area contributed by atoms with Crippen LogP contribution in [-0.2, 0) is 14.3 Å². The van der Waals surface area contributed by atoms with Crippen LogP contribution in [0.25, 0.3) is 0 Å². The molecule has 0 atom stereocenters. The average Bonchev–Trinajstić information content (AvgIpc) is 2.30. The van der Waals surface area contributed by atoms with Crippen LogP contribution < -0.4 is 10.2 Å². The highest BCUT2D eigenvalue weighted by Crippen LogP contribution is 2.22. The molecule has 0 saturated carbocycles. The Balaban J connectivity index is 2.90. The molecule has 0 unspecified atom stereocenters. The van der Waals surface area contributed by atoms with E-state index in [1.807, 2.05) is 32.0 Å². The van der Waals surface area contributed by atoms with Crippen LogP contribution in [0.2, 0.25) is 0 Å². The van der Waals surface area contributed by atoms with Gasteiger partial charge in [0.25, 0.3) is 0 Å². The summed E-state index contributed by atoms with van der Waals surface area (Å²) in [6.07, 6.45) is 0. The zero-order valence-corrected chi connectivity index (χ0v) is 10.4. The fourth-order valence-corrected chi connectivity index (χ4v) is 1.44. The van der Waals surface area contributed by atoms with E-state index in [9.17, 15) is 9.59 Å². The molecule has 1 N–H and O–H groups in total. The Hall–Kier alpha value is -2.04. The molecule has 1 aromatic rings. The van der Waals surface area contributed by atoms with E-state index in [4.69, 9.17) is 0 Å². The second-order valence-corrected chi connectivity index (χ2v) is 3.84. The summed E-state index contributed by atoms with van der Waals surface area (Å²) in [5.41, 5.74) is 2.63. The van der Waals surface area contributed by atoms with Crippen molar-refractivity contribution in [3.63, 3.8) is 0 Å². The van der Waals surface area contributed by atoms with Crippen molar-refractivity contribution in [2.24, 2.45) is 0 Å². The lowest BCUT2D eigenvalue weighted by Gasteiger charge is -2.16. The van der Waals surface area contributed by atoms with Crippen LogP contribution in [0.3, 0.4) is 0 Å². The molecule has 0 radical (unpaired) electrons. The molecular weight excluding hydrogens is 220 g/mol. The number of anilines is 2. The minimum atomic E-state index is -0.906. The Labute approximate surface area is 100 Å². The van der Waals surface area contributed by atoms with E-state index in [0.29, 0.717) is 5.69 Å². The van der Waals surface area contributed by atoms with Crippen LogP contribution in [0.5, 0.6) is 0 Å². The van der Waals surface area contributed by atoms with Gasteiger partial charge in [-0.2, -0.15) is 0 Å². The molecule has 0 saturated heterocycles. The largest absolute Gasteiger partial charge is 0.462 e. The van der Waals surface area contributed by atoms with Gasteiger partial charge in [0.15, 0.2) is 0 Å². The summed E-state index contributed by atoms with van der Waals surface area (Å²) in [6, 6.07) is 5.42. The molecule has 5 heteroatoms. The normalized spacial score (nSPS) is 9.65. The van der Waals surface area contributed by atoms with Crippen LogP contribution in [-0.4, -0.2) is 33.1 Å². The smallest absolute Gasteiger partial charge is 0.396 e. The predicted octanol–water partition coefficient (Wildman–Crippen LogP) is 1.17. The molecular formula is C12H16N2O3. The standard InChI is InChI=1S/C12H16N2O3/c1-8-5-6-9(7-10(8)14(2)3)13-11(15)12(16)17-4/h5-7H,1-4H3,(H,13,15). The lowest BCUT2D eigenvalue weighted by Crippen LogP contribution is -2.24. The zero-order valence-electron chi connectivity index (χ0n) is 10.4. The number of hydrogen-bond acceptors (Lipinski definition) is 4. The van der Waals surface area contributed by atoms with Gasteiger partial charge >= 0.3 is 11.9 Å². The third-order valence-electron chi connectivity index (χ3n) is 2.32. The summed E-state index contributed by atoms with van der Waals surface area (Å²) in [5.74, 6) is -1.68. The van der Waals surface area contributed by atoms with Gasteiger partial charge in [-0.1, -0.05) is 6.07 Å². The average molecular weight is 236 g/mol. The Morgan fingerprint density at radius 1 is 1.29 bits per heavy atom. The number of rotatable bonds is 2. The molecule has 1 aromatic carbocycles. The van der Waals surface area contributed by atoms with E-state index in [-0.39, 0.29) is 0 Å². The molecule has 92 valence electrons. The van der Waals surface area contributed by atoms with E-state index in [2.05, 4.69) is 10.1 Å². The van der Waals surface area contributed by atoms with Gasteiger partial charge in [-0.3, -0.25) is 4.79 Å². The number of nitrogens with zero attached hydrogens (tertiary/aromatic N) is 1. The van der Waals surface area contributed by atoms with Gasteiger partial charge in [-0.15, -0.1) is 0 Å². The SMILES string of the molecule is COC(=O)C(=O)Nc1ccc(C)c(N(C)C)c1. The van der Waals surface area contributed by atoms with E-state index in [0.717, 1.165) is 11.3 Å². The molecule has 17 heavy (non-hydrogen) atoms. The lowest BCUT2D eigenvalue weighted by atomic mass is 10.1. The van der Waals surface area contributed by atoms with Gasteiger partial charge in [0.2, 0.25) is 0 Å². The van der Waals surface area contributed by atoms with Crippen molar-refractivity contribution in [3.05, 3.63) is 23.8 Å². The maximum absolute atomic E-state index is 11.3. The van der Waals surface area contributed by atoms with Gasteiger partial charge in [-0.25, -0.2) is 4.79 Å². The van der Waals surface area contributed by atoms with Gasteiger partial charge in [0.05, 0.1) is 7.11 Å². The number of amides is 1. The van der Waals surface area contributed by atoms with E-state index >= 15 is 0 Å². The quantitative estimate of drug-likeness (QED) is 0.618. The first-order valence-electron chi connectivity index (χ1n) is 5.13. The van der Waals surface area contributed by atoms with Crippen molar-refractivity contribution < 1.29 is 14.3 Å². The zero-order chi connectivity index (χ0) is 13.0. The molecule has 0 spiro atoms. The van der Waals surface area contributed by atoms with Gasteiger partial charge in [-0.05, 0) is 24.6 Å². The van der Waals surface area contributed by atoms with E-state index in [1.54, 1.807) is 12.1 Å². The number of aryl methyl sites for hydroxylation is 1. The van der Waals surface area contributed by atoms with Gasteiger partial charge in [0, 0.05) is 25.5 Å². The number of esters is 1. The number of ether oxygens (including phenoxy) is 1. The van der Waals surface area contributed by atoms with Crippen molar-refractivity contribution >= 4 is 23.3 Å². The molecule has 0 aliphatic rings. The Kier molecular flexibility index (Phi) is 4.09. The van der Waals surface area contributed by atoms with Crippen molar-refractivity contribution in [2.45, 2.75) is 6.92 Å². The Morgan fingerprint density at radius 3 is 2.47 bits per heavy atom. The first-order valence-corrected chi connectivity index (χ1v) is 5.13. The van der Waals surface area contributed by atoms with Crippen molar-refractivity contribution in [3.8, 4) is 0 Å². The predicted molar refractivity (Wildman–Crippen MR) is 66.2 cm³/mol. The minimum Gasteiger partial charge on any atom is -0.462 e. The van der Waals surface area contributed by atoms with Gasteiger partial charge in [0.1, 0.15) is 0 Å².